The molecule has 2 aromatic rings. The Bertz CT molecular complexity index is 862. The molecular formula is C23H28Cl2N2O3. The number of amides is 2. The molecule has 2 amide bonds. The van der Waals surface area contributed by atoms with Crippen molar-refractivity contribution in [2.24, 2.45) is 0 Å². The lowest BCUT2D eigenvalue weighted by Gasteiger charge is -2.29. The number of carbonyl (C=O) groups is 2. The van der Waals surface area contributed by atoms with Gasteiger partial charge in [0.25, 0.3) is 5.91 Å². The molecule has 0 aliphatic heterocycles. The van der Waals surface area contributed by atoms with Gasteiger partial charge in [-0.25, -0.2) is 0 Å². The van der Waals surface area contributed by atoms with Crippen molar-refractivity contribution in [2.45, 2.75) is 46.7 Å². The smallest absolute Gasteiger partial charge is 0.261 e. The van der Waals surface area contributed by atoms with Crippen molar-refractivity contribution in [2.75, 3.05) is 13.2 Å². The van der Waals surface area contributed by atoms with Crippen LogP contribution >= 0.6 is 23.2 Å². The Morgan fingerprint density at radius 2 is 1.70 bits per heavy atom. The number of halogens is 2. The quantitative estimate of drug-likeness (QED) is 0.588. The number of aryl methyl sites for hydroxylation is 2. The van der Waals surface area contributed by atoms with E-state index in [0.29, 0.717) is 27.9 Å². The Morgan fingerprint density at radius 1 is 1.10 bits per heavy atom. The van der Waals surface area contributed by atoms with E-state index in [9.17, 15) is 9.59 Å². The zero-order chi connectivity index (χ0) is 22.3. The summed E-state index contributed by atoms with van der Waals surface area (Å²) in [4.78, 5) is 27.1. The Hall–Kier alpha value is -2.24. The zero-order valence-electron chi connectivity index (χ0n) is 17.8. The molecule has 2 aromatic carbocycles. The number of carbonyl (C=O) groups excluding carboxylic acids is 2. The summed E-state index contributed by atoms with van der Waals surface area (Å²) in [5.74, 6) is 0.0451. The van der Waals surface area contributed by atoms with Crippen LogP contribution < -0.4 is 10.1 Å². The Balaban J connectivity index is 2.22. The van der Waals surface area contributed by atoms with Crippen molar-refractivity contribution in [1.29, 1.82) is 0 Å². The number of rotatable bonds is 9. The maximum atomic E-state index is 13.1. The van der Waals surface area contributed by atoms with Gasteiger partial charge in [0.2, 0.25) is 5.91 Å². The fourth-order valence-corrected chi connectivity index (χ4v) is 3.59. The fourth-order valence-electron chi connectivity index (χ4n) is 3.08. The topological polar surface area (TPSA) is 58.6 Å². The van der Waals surface area contributed by atoms with Gasteiger partial charge in [-0.3, -0.25) is 9.59 Å². The van der Waals surface area contributed by atoms with Crippen molar-refractivity contribution in [1.82, 2.24) is 10.2 Å². The van der Waals surface area contributed by atoms with Crippen LogP contribution in [0.2, 0.25) is 10.0 Å². The van der Waals surface area contributed by atoms with Gasteiger partial charge in [-0.05, 0) is 62.6 Å². The van der Waals surface area contributed by atoms with Crippen LogP contribution in [0, 0.1) is 13.8 Å². The van der Waals surface area contributed by atoms with E-state index >= 15 is 0 Å². The molecule has 2 rings (SSSR count). The molecule has 0 bridgehead atoms. The number of nitrogens with one attached hydrogen (secondary N) is 1. The highest BCUT2D eigenvalue weighted by molar-refractivity contribution is 6.36. The third kappa shape index (κ3) is 6.64. The van der Waals surface area contributed by atoms with Gasteiger partial charge >= 0.3 is 0 Å². The van der Waals surface area contributed by atoms with Crippen LogP contribution in [-0.2, 0) is 16.1 Å². The van der Waals surface area contributed by atoms with E-state index in [0.717, 1.165) is 17.5 Å². The van der Waals surface area contributed by atoms with E-state index in [1.54, 1.807) is 25.1 Å². The molecular weight excluding hydrogens is 423 g/mol. The van der Waals surface area contributed by atoms with Crippen molar-refractivity contribution < 1.29 is 14.3 Å². The van der Waals surface area contributed by atoms with Crippen LogP contribution in [0.25, 0.3) is 0 Å². The van der Waals surface area contributed by atoms with E-state index in [1.165, 1.54) is 4.90 Å². The Labute approximate surface area is 188 Å². The highest BCUT2D eigenvalue weighted by atomic mass is 35.5. The monoisotopic (exact) mass is 450 g/mol. The molecule has 30 heavy (non-hydrogen) atoms. The van der Waals surface area contributed by atoms with E-state index in [4.69, 9.17) is 27.9 Å². The maximum Gasteiger partial charge on any atom is 0.261 e. The summed E-state index contributed by atoms with van der Waals surface area (Å²) in [5.41, 5.74) is 2.68. The Kier molecular flexibility index (Phi) is 9.00. The average Bonchev–Trinajstić information content (AvgIpc) is 2.69. The minimum Gasteiger partial charge on any atom is -0.484 e. The summed E-state index contributed by atoms with van der Waals surface area (Å²) in [6.45, 7) is 8.03. The van der Waals surface area contributed by atoms with Crippen molar-refractivity contribution >= 4 is 35.0 Å². The summed E-state index contributed by atoms with van der Waals surface area (Å²) in [5, 5.41) is 3.71. The van der Waals surface area contributed by atoms with Gasteiger partial charge in [-0.1, -0.05) is 42.3 Å². The number of hydrogen-bond acceptors (Lipinski definition) is 3. The number of benzene rings is 2. The summed E-state index contributed by atoms with van der Waals surface area (Å²) >= 11 is 12.6. The molecule has 0 radical (unpaired) electrons. The molecule has 0 aliphatic rings. The van der Waals surface area contributed by atoms with Gasteiger partial charge in [-0.15, -0.1) is 0 Å². The lowest BCUT2D eigenvalue weighted by Crippen LogP contribution is -2.49. The molecule has 0 heterocycles. The first-order chi connectivity index (χ1) is 14.2. The van der Waals surface area contributed by atoms with E-state index in [-0.39, 0.29) is 25.0 Å². The minimum atomic E-state index is -0.709. The second-order valence-corrected chi connectivity index (χ2v) is 8.12. The molecule has 0 fully saturated rings. The highest BCUT2D eigenvalue weighted by Gasteiger charge is 2.27. The van der Waals surface area contributed by atoms with Crippen molar-refractivity contribution in [3.63, 3.8) is 0 Å². The van der Waals surface area contributed by atoms with Gasteiger partial charge in [-0.2, -0.15) is 0 Å². The third-order valence-corrected chi connectivity index (χ3v) is 5.37. The molecule has 0 saturated heterocycles. The van der Waals surface area contributed by atoms with Crippen LogP contribution in [0.15, 0.2) is 36.4 Å². The molecule has 0 aromatic heterocycles. The average molecular weight is 451 g/mol. The molecule has 1 N–H and O–H groups in total. The van der Waals surface area contributed by atoms with Gasteiger partial charge in [0.1, 0.15) is 11.8 Å². The van der Waals surface area contributed by atoms with Crippen LogP contribution in [0.3, 0.4) is 0 Å². The summed E-state index contributed by atoms with van der Waals surface area (Å²) in [6.07, 6.45) is 0.804. The molecule has 0 saturated carbocycles. The zero-order valence-corrected chi connectivity index (χ0v) is 19.3. The van der Waals surface area contributed by atoms with E-state index in [2.05, 4.69) is 5.32 Å². The maximum absolute atomic E-state index is 13.1. The first kappa shape index (κ1) is 24.0. The first-order valence-corrected chi connectivity index (χ1v) is 10.7. The Morgan fingerprint density at radius 3 is 2.27 bits per heavy atom. The standard InChI is InChI=1S/C23H28Cl2N2O3/c1-5-9-26-23(29)17(4)27(13-19-20(24)7-6-8-21(19)25)22(28)14-30-18-11-15(2)10-16(3)12-18/h6-8,10-12,17H,5,9,13-14H2,1-4H3,(H,26,29). The van der Waals surface area contributed by atoms with Crippen molar-refractivity contribution in [3.8, 4) is 5.75 Å². The normalized spacial score (nSPS) is 11.7. The first-order valence-electron chi connectivity index (χ1n) is 9.94. The third-order valence-electron chi connectivity index (χ3n) is 4.66. The SMILES string of the molecule is CCCNC(=O)C(C)N(Cc1c(Cl)cccc1Cl)C(=O)COc1cc(C)cc(C)c1. The number of nitrogens with zero attached hydrogens (tertiary/aromatic N) is 1. The van der Waals surface area contributed by atoms with E-state index < -0.39 is 6.04 Å². The van der Waals surface area contributed by atoms with E-state index in [1.807, 2.05) is 39.0 Å². The fraction of sp³-hybridized carbons (Fsp3) is 0.391. The highest BCUT2D eigenvalue weighted by Crippen LogP contribution is 2.26. The summed E-state index contributed by atoms with van der Waals surface area (Å²) in [7, 11) is 0. The number of hydrogen-bond donors (Lipinski definition) is 1. The molecule has 5 nitrogen and oxygen atoms in total. The predicted molar refractivity (Wildman–Crippen MR) is 121 cm³/mol. The van der Waals surface area contributed by atoms with Gasteiger partial charge in [0, 0.05) is 28.7 Å². The molecule has 7 heteroatoms. The molecule has 0 spiro atoms. The van der Waals surface area contributed by atoms with Crippen molar-refractivity contribution in [3.05, 3.63) is 63.1 Å². The van der Waals surface area contributed by atoms with Crippen LogP contribution in [0.1, 0.15) is 37.0 Å². The largest absolute Gasteiger partial charge is 0.484 e. The van der Waals surface area contributed by atoms with Crippen LogP contribution in [0.4, 0.5) is 0 Å². The number of ether oxygens (including phenoxy) is 1. The molecule has 1 atom stereocenters. The summed E-state index contributed by atoms with van der Waals surface area (Å²) in [6, 6.07) is 10.2. The predicted octanol–water partition coefficient (Wildman–Crippen LogP) is 4.93. The molecule has 0 aliphatic carbocycles. The second kappa shape index (κ2) is 11.2. The summed E-state index contributed by atoms with van der Waals surface area (Å²) < 4.78 is 5.73. The molecule has 162 valence electrons. The van der Waals surface area contributed by atoms with Crippen LogP contribution in [-0.4, -0.2) is 35.9 Å². The molecule has 1 unspecified atom stereocenters. The lowest BCUT2D eigenvalue weighted by atomic mass is 10.1. The van der Waals surface area contributed by atoms with Gasteiger partial charge in [0.05, 0.1) is 0 Å². The minimum absolute atomic E-state index is 0.105. The van der Waals surface area contributed by atoms with Crippen LogP contribution in [0.5, 0.6) is 5.75 Å². The second-order valence-electron chi connectivity index (χ2n) is 7.30. The lowest BCUT2D eigenvalue weighted by molar-refractivity contribution is -0.142. The van der Waals surface area contributed by atoms with Gasteiger partial charge in [0.15, 0.2) is 6.61 Å². The van der Waals surface area contributed by atoms with Gasteiger partial charge < -0.3 is 15.0 Å².